The number of anilines is 1. The summed E-state index contributed by atoms with van der Waals surface area (Å²) >= 11 is 0. The molecule has 1 unspecified atom stereocenters. The van der Waals surface area contributed by atoms with Gasteiger partial charge in [-0.3, -0.25) is 4.84 Å². The van der Waals surface area contributed by atoms with Crippen molar-refractivity contribution in [3.8, 4) is 0 Å². The van der Waals surface area contributed by atoms with Gasteiger partial charge in [0.1, 0.15) is 0 Å². The number of benzene rings is 2. The molecule has 0 amide bonds. The molecule has 1 saturated heterocycles. The van der Waals surface area contributed by atoms with Crippen molar-refractivity contribution in [2.45, 2.75) is 30.7 Å². The molecule has 1 aliphatic rings. The van der Waals surface area contributed by atoms with E-state index in [1.54, 1.807) is 12.1 Å². The van der Waals surface area contributed by atoms with Gasteiger partial charge < -0.3 is 10.2 Å². The second-order valence-corrected chi connectivity index (χ2v) is 8.89. The van der Waals surface area contributed by atoms with Crippen LogP contribution in [-0.4, -0.2) is 46.2 Å². The molecular weight excluding hydrogens is 374 g/mol. The number of nitrogens with zero attached hydrogens (tertiary/aromatic N) is 2. The highest BCUT2D eigenvalue weighted by Crippen LogP contribution is 2.36. The molecule has 28 heavy (non-hydrogen) atoms. The summed E-state index contributed by atoms with van der Waals surface area (Å²) < 4.78 is 27.9. The van der Waals surface area contributed by atoms with Gasteiger partial charge in [-0.2, -0.15) is 0 Å². The first-order valence-corrected chi connectivity index (χ1v) is 11.1. The van der Waals surface area contributed by atoms with Crippen molar-refractivity contribution in [3.05, 3.63) is 60.2 Å². The summed E-state index contributed by atoms with van der Waals surface area (Å²) in [5, 5.41) is 3.32. The van der Waals surface area contributed by atoms with E-state index in [1.165, 1.54) is 7.11 Å². The number of hydroxylamine groups is 1. The first kappa shape index (κ1) is 20.8. The van der Waals surface area contributed by atoms with Crippen LogP contribution in [0.15, 0.2) is 59.5 Å². The van der Waals surface area contributed by atoms with Gasteiger partial charge in [-0.1, -0.05) is 41.7 Å². The van der Waals surface area contributed by atoms with Gasteiger partial charge in [-0.15, -0.1) is 0 Å². The quantitative estimate of drug-likeness (QED) is 0.720. The zero-order valence-corrected chi connectivity index (χ0v) is 17.6. The number of rotatable bonds is 7. The van der Waals surface area contributed by atoms with Gasteiger partial charge in [0, 0.05) is 31.9 Å². The van der Waals surface area contributed by atoms with Crippen molar-refractivity contribution in [2.24, 2.45) is 0 Å². The molecule has 0 aliphatic carbocycles. The molecule has 7 heteroatoms. The van der Waals surface area contributed by atoms with Gasteiger partial charge in [0.15, 0.2) is 0 Å². The second kappa shape index (κ2) is 8.61. The summed E-state index contributed by atoms with van der Waals surface area (Å²) in [5.74, 6) is 0. The van der Waals surface area contributed by atoms with Crippen molar-refractivity contribution in [3.63, 3.8) is 0 Å². The Morgan fingerprint density at radius 3 is 2.21 bits per heavy atom. The first-order chi connectivity index (χ1) is 13.4. The van der Waals surface area contributed by atoms with E-state index >= 15 is 0 Å². The normalized spacial score (nSPS) is 17.5. The number of sulfonamides is 1. The van der Waals surface area contributed by atoms with E-state index in [-0.39, 0.29) is 4.90 Å². The lowest BCUT2D eigenvalue weighted by molar-refractivity contribution is -0.125. The minimum absolute atomic E-state index is 0.226. The Kier molecular flexibility index (Phi) is 6.40. The average molecular weight is 404 g/mol. The topological polar surface area (TPSA) is 61.9 Å². The molecule has 152 valence electrons. The standard InChI is InChI=1S/C21H29N3O3S/c1-4-21(2,18-8-6-5-7-9-18)24(27-3)28(25,26)20-12-10-19(11-13-20)23-16-14-22-15-17-23/h5-13,22H,4,14-17H2,1-3H3. The van der Waals surface area contributed by atoms with Gasteiger partial charge in [0.2, 0.25) is 0 Å². The van der Waals surface area contributed by atoms with Crippen LogP contribution in [0.4, 0.5) is 5.69 Å². The number of hydrogen-bond acceptors (Lipinski definition) is 5. The minimum Gasteiger partial charge on any atom is -0.369 e. The second-order valence-electron chi connectivity index (χ2n) is 7.14. The molecular formula is C21H29N3O3S. The Labute approximate surface area is 168 Å². The molecule has 0 radical (unpaired) electrons. The molecule has 0 spiro atoms. The number of nitrogens with one attached hydrogen (secondary N) is 1. The molecule has 1 N–H and O–H groups in total. The monoisotopic (exact) mass is 403 g/mol. The average Bonchev–Trinajstić information content (AvgIpc) is 2.75. The highest BCUT2D eigenvalue weighted by atomic mass is 32.2. The van der Waals surface area contributed by atoms with E-state index in [2.05, 4.69) is 10.2 Å². The van der Waals surface area contributed by atoms with Crippen molar-refractivity contribution in [1.82, 2.24) is 9.79 Å². The fourth-order valence-corrected chi connectivity index (χ4v) is 5.28. The summed E-state index contributed by atoms with van der Waals surface area (Å²) in [7, 11) is -2.43. The van der Waals surface area contributed by atoms with Gasteiger partial charge >= 0.3 is 0 Å². The fraction of sp³-hybridized carbons (Fsp3) is 0.429. The summed E-state index contributed by atoms with van der Waals surface area (Å²) in [4.78, 5) is 7.93. The smallest absolute Gasteiger partial charge is 0.265 e. The van der Waals surface area contributed by atoms with Crippen LogP contribution in [0, 0.1) is 0 Å². The van der Waals surface area contributed by atoms with E-state index in [0.29, 0.717) is 6.42 Å². The molecule has 0 aromatic heterocycles. The van der Waals surface area contributed by atoms with Crippen LogP contribution < -0.4 is 10.2 Å². The van der Waals surface area contributed by atoms with Crippen LogP contribution in [0.3, 0.4) is 0 Å². The van der Waals surface area contributed by atoms with E-state index in [4.69, 9.17) is 4.84 Å². The van der Waals surface area contributed by atoms with Crippen LogP contribution in [-0.2, 0) is 20.4 Å². The van der Waals surface area contributed by atoms with Gasteiger partial charge in [0.05, 0.1) is 17.5 Å². The Balaban J connectivity index is 1.93. The van der Waals surface area contributed by atoms with Gasteiger partial charge in [-0.05, 0) is 43.2 Å². The molecule has 1 aliphatic heterocycles. The molecule has 1 fully saturated rings. The van der Waals surface area contributed by atoms with Crippen molar-refractivity contribution < 1.29 is 13.3 Å². The zero-order chi connectivity index (χ0) is 20.2. The van der Waals surface area contributed by atoms with Crippen LogP contribution in [0.25, 0.3) is 0 Å². The Bertz CT molecular complexity index is 866. The van der Waals surface area contributed by atoms with E-state index in [0.717, 1.165) is 41.9 Å². The molecule has 0 saturated carbocycles. The van der Waals surface area contributed by atoms with Crippen LogP contribution in [0.5, 0.6) is 0 Å². The molecule has 6 nitrogen and oxygen atoms in total. The van der Waals surface area contributed by atoms with Crippen molar-refractivity contribution in [1.29, 1.82) is 0 Å². The molecule has 2 aromatic rings. The number of hydrogen-bond donors (Lipinski definition) is 1. The highest BCUT2D eigenvalue weighted by molar-refractivity contribution is 7.89. The predicted molar refractivity (Wildman–Crippen MR) is 112 cm³/mol. The third-order valence-corrected chi connectivity index (χ3v) is 7.34. The maximum Gasteiger partial charge on any atom is 0.265 e. The third kappa shape index (κ3) is 3.93. The van der Waals surface area contributed by atoms with E-state index in [9.17, 15) is 8.42 Å². The van der Waals surface area contributed by atoms with Crippen LogP contribution >= 0.6 is 0 Å². The zero-order valence-electron chi connectivity index (χ0n) is 16.8. The largest absolute Gasteiger partial charge is 0.369 e. The summed E-state index contributed by atoms with van der Waals surface area (Å²) in [6, 6.07) is 16.7. The maximum atomic E-state index is 13.4. The van der Waals surface area contributed by atoms with Crippen LogP contribution in [0.1, 0.15) is 25.8 Å². The third-order valence-electron chi connectivity index (χ3n) is 5.49. The molecule has 1 atom stereocenters. The summed E-state index contributed by atoms with van der Waals surface area (Å²) in [5.41, 5.74) is 1.11. The minimum atomic E-state index is -3.84. The lowest BCUT2D eigenvalue weighted by Gasteiger charge is -2.38. The Morgan fingerprint density at radius 2 is 1.68 bits per heavy atom. The summed E-state index contributed by atoms with van der Waals surface area (Å²) in [6.07, 6.45) is 0.572. The van der Waals surface area contributed by atoms with Gasteiger partial charge in [0.25, 0.3) is 10.0 Å². The molecule has 0 bridgehead atoms. The van der Waals surface area contributed by atoms with Crippen LogP contribution in [0.2, 0.25) is 0 Å². The van der Waals surface area contributed by atoms with Crippen molar-refractivity contribution in [2.75, 3.05) is 38.2 Å². The van der Waals surface area contributed by atoms with E-state index in [1.807, 2.05) is 56.3 Å². The van der Waals surface area contributed by atoms with E-state index < -0.39 is 15.6 Å². The van der Waals surface area contributed by atoms with Gasteiger partial charge in [-0.25, -0.2) is 8.42 Å². The Hall–Kier alpha value is -1.93. The lowest BCUT2D eigenvalue weighted by atomic mass is 9.90. The molecule has 3 rings (SSSR count). The highest BCUT2D eigenvalue weighted by Gasteiger charge is 2.41. The fourth-order valence-electron chi connectivity index (χ4n) is 3.65. The molecule has 1 heterocycles. The molecule has 2 aromatic carbocycles. The van der Waals surface area contributed by atoms with Crippen molar-refractivity contribution >= 4 is 15.7 Å². The maximum absolute atomic E-state index is 13.4. The Morgan fingerprint density at radius 1 is 1.07 bits per heavy atom. The summed E-state index contributed by atoms with van der Waals surface area (Å²) in [6.45, 7) is 7.55. The predicted octanol–water partition coefficient (Wildman–Crippen LogP) is 2.97. The first-order valence-electron chi connectivity index (χ1n) is 9.64. The SMILES string of the molecule is CCC(C)(c1ccccc1)N(OC)S(=O)(=O)c1ccc(N2CCNCC2)cc1. The number of piperazine rings is 1. The lowest BCUT2D eigenvalue weighted by Crippen LogP contribution is -2.46.